The minimum atomic E-state index is -0.387. The lowest BCUT2D eigenvalue weighted by molar-refractivity contribution is 0.163. The summed E-state index contributed by atoms with van der Waals surface area (Å²) in [5, 5.41) is 29.1. The molecule has 0 aliphatic heterocycles. The molecule has 0 spiro atoms. The van der Waals surface area contributed by atoms with Crippen molar-refractivity contribution in [1.29, 1.82) is 0 Å². The molecule has 3 rings (SSSR count). The molecule has 0 amide bonds. The summed E-state index contributed by atoms with van der Waals surface area (Å²) in [5.41, 5.74) is 3.02. The predicted octanol–water partition coefficient (Wildman–Crippen LogP) is 8.67. The lowest BCUT2D eigenvalue weighted by atomic mass is 10.0. The van der Waals surface area contributed by atoms with Gasteiger partial charge in [-0.15, -0.1) is 0 Å². The average molecular weight is 507 g/mol. The van der Waals surface area contributed by atoms with Crippen LogP contribution in [0.4, 0.5) is 0 Å². The highest BCUT2D eigenvalue weighted by Gasteiger charge is 2.08. The quantitative estimate of drug-likeness (QED) is 0.180. The van der Waals surface area contributed by atoms with Crippen LogP contribution in [0.25, 0.3) is 0 Å². The molecule has 202 valence electrons. The molecule has 2 atom stereocenters. The van der Waals surface area contributed by atoms with Crippen LogP contribution in [-0.4, -0.2) is 15.3 Å². The fourth-order valence-electron chi connectivity index (χ4n) is 4.09. The van der Waals surface area contributed by atoms with E-state index < -0.39 is 0 Å². The molecule has 0 heterocycles. The molecule has 0 radical (unpaired) electrons. The highest BCUT2D eigenvalue weighted by Crippen LogP contribution is 2.23. The molecule has 0 bridgehead atoms. The third-order valence-corrected chi connectivity index (χ3v) is 6.45. The van der Waals surface area contributed by atoms with Gasteiger partial charge in [0.1, 0.15) is 18.1 Å². The fourth-order valence-corrected chi connectivity index (χ4v) is 4.09. The number of phenolic OH excluding ortho intramolecular Hbond substituents is 1. The highest BCUT2D eigenvalue weighted by molar-refractivity contribution is 5.29. The van der Waals surface area contributed by atoms with Gasteiger partial charge in [-0.05, 0) is 53.8 Å². The van der Waals surface area contributed by atoms with E-state index in [1.165, 1.54) is 38.5 Å². The van der Waals surface area contributed by atoms with Gasteiger partial charge in [0.05, 0.1) is 12.2 Å². The second-order valence-corrected chi connectivity index (χ2v) is 9.67. The first kappa shape index (κ1) is 30.4. The second kappa shape index (κ2) is 18.4. The summed E-state index contributed by atoms with van der Waals surface area (Å²) in [4.78, 5) is 0. The van der Waals surface area contributed by atoms with Crippen molar-refractivity contribution in [2.75, 3.05) is 0 Å². The van der Waals surface area contributed by atoms with Gasteiger partial charge in [0, 0.05) is 0 Å². The maximum Gasteiger partial charge on any atom is 0.119 e. The Morgan fingerprint density at radius 1 is 0.595 bits per heavy atom. The first-order valence-electron chi connectivity index (χ1n) is 13.9. The van der Waals surface area contributed by atoms with Crippen molar-refractivity contribution >= 4 is 0 Å². The van der Waals surface area contributed by atoms with Crippen LogP contribution in [0.1, 0.15) is 107 Å². The van der Waals surface area contributed by atoms with Gasteiger partial charge in [-0.25, -0.2) is 0 Å². The first-order valence-corrected chi connectivity index (χ1v) is 13.9. The van der Waals surface area contributed by atoms with Gasteiger partial charge >= 0.3 is 0 Å². The lowest BCUT2D eigenvalue weighted by Crippen LogP contribution is -1.99. The minimum Gasteiger partial charge on any atom is -0.508 e. The number of benzene rings is 3. The third-order valence-electron chi connectivity index (χ3n) is 6.45. The summed E-state index contributed by atoms with van der Waals surface area (Å²) < 4.78 is 5.76. The molecule has 0 aliphatic carbocycles. The summed E-state index contributed by atoms with van der Waals surface area (Å²) in [6.07, 6.45) is 10.4. The maximum absolute atomic E-state index is 10.2. The van der Waals surface area contributed by atoms with E-state index in [9.17, 15) is 10.2 Å². The van der Waals surface area contributed by atoms with Gasteiger partial charge in [0.25, 0.3) is 0 Å². The molecule has 0 aromatic heterocycles. The number of aromatic hydroxyl groups is 1. The molecule has 3 aromatic rings. The van der Waals surface area contributed by atoms with E-state index in [1.807, 2.05) is 42.5 Å². The van der Waals surface area contributed by atoms with Crippen molar-refractivity contribution in [2.45, 2.75) is 96.9 Å². The van der Waals surface area contributed by atoms with Crippen molar-refractivity contribution in [2.24, 2.45) is 0 Å². The van der Waals surface area contributed by atoms with E-state index in [0.29, 0.717) is 6.61 Å². The van der Waals surface area contributed by atoms with Gasteiger partial charge < -0.3 is 20.1 Å². The largest absolute Gasteiger partial charge is 0.508 e. The zero-order valence-electron chi connectivity index (χ0n) is 22.7. The molecule has 0 fully saturated rings. The van der Waals surface area contributed by atoms with E-state index in [-0.39, 0.29) is 18.0 Å². The van der Waals surface area contributed by atoms with Crippen LogP contribution in [0, 0.1) is 0 Å². The zero-order chi connectivity index (χ0) is 26.7. The number of hydrogen-bond donors (Lipinski definition) is 3. The Bertz CT molecular complexity index is 938. The van der Waals surface area contributed by atoms with Crippen LogP contribution in [0.3, 0.4) is 0 Å². The molecule has 4 heteroatoms. The van der Waals surface area contributed by atoms with E-state index in [2.05, 4.69) is 26.0 Å². The number of aliphatic hydroxyl groups excluding tert-OH is 2. The van der Waals surface area contributed by atoms with Crippen LogP contribution < -0.4 is 4.74 Å². The van der Waals surface area contributed by atoms with Crippen molar-refractivity contribution in [3.05, 3.63) is 95.6 Å². The Labute approximate surface area is 224 Å². The lowest BCUT2D eigenvalue weighted by Gasteiger charge is -2.12. The summed E-state index contributed by atoms with van der Waals surface area (Å²) in [7, 11) is 0. The maximum atomic E-state index is 10.2. The van der Waals surface area contributed by atoms with Gasteiger partial charge in [-0.3, -0.25) is 0 Å². The molecule has 0 saturated carbocycles. The average Bonchev–Trinajstić information content (AvgIpc) is 2.94. The Morgan fingerprint density at radius 3 is 1.57 bits per heavy atom. The Kier molecular flexibility index (Phi) is 15.1. The molecule has 4 nitrogen and oxygen atoms in total. The van der Waals surface area contributed by atoms with Crippen LogP contribution in [-0.2, 0) is 6.61 Å². The first-order chi connectivity index (χ1) is 18.0. The molecule has 0 saturated heterocycles. The minimum absolute atomic E-state index is 0.247. The fraction of sp³-hybridized carbons (Fsp3) is 0.455. The molecule has 3 aromatic carbocycles. The zero-order valence-corrected chi connectivity index (χ0v) is 22.7. The summed E-state index contributed by atoms with van der Waals surface area (Å²) >= 11 is 0. The second-order valence-electron chi connectivity index (χ2n) is 9.67. The standard InChI is InChI=1S/C20H26O2.C13H20O2/c1-2-3-4-8-11-20(21)18-12-14-19(15-13-18)22-16-17-9-6-5-7-10-17;1-2-3-4-5-6-13(15)11-7-9-12(14)10-8-11/h5-7,9-10,12-15,20-21H,2-4,8,11,16H2,1H3;7-10,13-15H,2-6H2,1H3/t20-;13-/m00/s1. The van der Waals surface area contributed by atoms with Gasteiger partial charge in [0.15, 0.2) is 0 Å². The van der Waals surface area contributed by atoms with Gasteiger partial charge in [-0.2, -0.15) is 0 Å². The molecular weight excluding hydrogens is 460 g/mol. The van der Waals surface area contributed by atoms with E-state index >= 15 is 0 Å². The SMILES string of the molecule is CCCCCC[C@H](O)c1ccc(O)cc1.CCCCCC[C@H](O)c1ccc(OCc2ccccc2)cc1. The van der Waals surface area contributed by atoms with Crippen molar-refractivity contribution in [3.63, 3.8) is 0 Å². The molecule has 0 aliphatic rings. The number of unbranched alkanes of at least 4 members (excludes halogenated alkanes) is 6. The van der Waals surface area contributed by atoms with E-state index in [1.54, 1.807) is 24.3 Å². The normalized spacial score (nSPS) is 12.3. The third kappa shape index (κ3) is 12.8. The predicted molar refractivity (Wildman–Crippen MR) is 153 cm³/mol. The number of ether oxygens (including phenoxy) is 1. The van der Waals surface area contributed by atoms with Gasteiger partial charge in [0.2, 0.25) is 0 Å². The smallest absolute Gasteiger partial charge is 0.119 e. The molecule has 37 heavy (non-hydrogen) atoms. The highest BCUT2D eigenvalue weighted by atomic mass is 16.5. The number of phenols is 1. The van der Waals surface area contributed by atoms with Crippen molar-refractivity contribution in [3.8, 4) is 11.5 Å². The number of hydrogen-bond acceptors (Lipinski definition) is 4. The van der Waals surface area contributed by atoms with Gasteiger partial charge in [-0.1, -0.05) is 120 Å². The van der Waals surface area contributed by atoms with Crippen LogP contribution >= 0.6 is 0 Å². The molecule has 3 N–H and O–H groups in total. The monoisotopic (exact) mass is 506 g/mol. The van der Waals surface area contributed by atoms with Crippen LogP contribution in [0.2, 0.25) is 0 Å². The summed E-state index contributed by atoms with van der Waals surface area (Å²) in [6.45, 7) is 4.95. The van der Waals surface area contributed by atoms with E-state index in [0.717, 1.165) is 48.1 Å². The Hall–Kier alpha value is -2.82. The molecular formula is C33H46O4. The van der Waals surface area contributed by atoms with Crippen molar-refractivity contribution < 1.29 is 20.1 Å². The number of aliphatic hydroxyl groups is 2. The number of rotatable bonds is 15. The molecule has 0 unspecified atom stereocenters. The van der Waals surface area contributed by atoms with Crippen molar-refractivity contribution in [1.82, 2.24) is 0 Å². The van der Waals surface area contributed by atoms with E-state index in [4.69, 9.17) is 9.84 Å². The Balaban J connectivity index is 0.000000281. The Morgan fingerprint density at radius 2 is 1.08 bits per heavy atom. The summed E-state index contributed by atoms with van der Waals surface area (Å²) in [5.74, 6) is 1.09. The summed E-state index contributed by atoms with van der Waals surface area (Å²) in [6, 6.07) is 24.7. The van der Waals surface area contributed by atoms with Crippen LogP contribution in [0.5, 0.6) is 11.5 Å². The topological polar surface area (TPSA) is 69.9 Å². The van der Waals surface area contributed by atoms with Crippen LogP contribution in [0.15, 0.2) is 78.9 Å².